The highest BCUT2D eigenvalue weighted by Gasteiger charge is 2.17. The number of piperazine rings is 1. The Morgan fingerprint density at radius 1 is 0.792 bits per heavy atom. The van der Waals surface area contributed by atoms with Gasteiger partial charge in [0.1, 0.15) is 17.1 Å². The maximum Gasteiger partial charge on any atom is 0.228 e. The molecule has 0 bridgehead atoms. The minimum Gasteiger partial charge on any atom is -0.438 e. The van der Waals surface area contributed by atoms with Gasteiger partial charge in [-0.25, -0.2) is 19.3 Å². The average molecular weight is 642 g/mol. The maximum atomic E-state index is 15.1. The molecule has 0 aliphatic carbocycles. The fourth-order valence-electron chi connectivity index (χ4n) is 5.73. The number of hydrogen-bond donors (Lipinski definition) is 2. The van der Waals surface area contributed by atoms with Crippen molar-refractivity contribution in [1.82, 2.24) is 34.9 Å². The molecule has 1 fully saturated rings. The third-order valence-corrected chi connectivity index (χ3v) is 8.37. The van der Waals surface area contributed by atoms with E-state index in [0.29, 0.717) is 29.6 Å². The van der Waals surface area contributed by atoms with Gasteiger partial charge in [-0.15, -0.1) is 10.2 Å². The van der Waals surface area contributed by atoms with E-state index in [0.717, 1.165) is 66.9 Å². The minimum atomic E-state index is -0.554. The number of hydrogen-bond acceptors (Lipinski definition) is 10. The Balaban J connectivity index is 1.03. The Hall–Kier alpha value is -5.52. The van der Waals surface area contributed by atoms with Crippen molar-refractivity contribution in [3.05, 3.63) is 109 Å². The lowest BCUT2D eigenvalue weighted by atomic mass is 10.0. The fourth-order valence-corrected chi connectivity index (χ4v) is 5.73. The fraction of sp³-hybridized carbons (Fsp3) is 0.216. The number of likely N-dealkylation sites (N-methyl/N-ethyl adjacent to an activating group) is 1. The normalized spacial score (nSPS) is 13.8. The van der Waals surface area contributed by atoms with Gasteiger partial charge in [0.05, 0.1) is 11.8 Å². The zero-order valence-corrected chi connectivity index (χ0v) is 26.7. The summed E-state index contributed by atoms with van der Waals surface area (Å²) in [6.07, 6.45) is 3.73. The van der Waals surface area contributed by atoms with E-state index in [4.69, 9.17) is 4.74 Å². The maximum absolute atomic E-state index is 15.1. The molecule has 11 heteroatoms. The molecule has 2 N–H and O–H groups in total. The van der Waals surface area contributed by atoms with Gasteiger partial charge >= 0.3 is 0 Å². The molecule has 1 aliphatic rings. The van der Waals surface area contributed by atoms with Crippen molar-refractivity contribution < 1.29 is 9.13 Å². The number of fused-ring (bicyclic) bond motifs is 1. The second-order valence-electron chi connectivity index (χ2n) is 11.7. The zero-order chi connectivity index (χ0) is 32.7. The van der Waals surface area contributed by atoms with Gasteiger partial charge in [0.15, 0.2) is 11.6 Å². The molecule has 3 aromatic carbocycles. The van der Waals surface area contributed by atoms with Crippen molar-refractivity contribution >= 4 is 28.2 Å². The van der Waals surface area contributed by atoms with Crippen molar-refractivity contribution in [1.29, 1.82) is 0 Å². The van der Waals surface area contributed by atoms with Crippen LogP contribution >= 0.6 is 0 Å². The molecule has 4 heterocycles. The van der Waals surface area contributed by atoms with Crippen LogP contribution in [0.5, 0.6) is 11.6 Å². The molecule has 0 saturated carbocycles. The topological polar surface area (TPSA) is 104 Å². The van der Waals surface area contributed by atoms with Gasteiger partial charge in [0, 0.05) is 60.9 Å². The lowest BCUT2D eigenvalue weighted by Gasteiger charge is -2.32. The molecule has 0 atom stereocenters. The van der Waals surface area contributed by atoms with Crippen molar-refractivity contribution in [3.8, 4) is 34.1 Å². The van der Waals surface area contributed by atoms with Crippen LogP contribution in [-0.2, 0) is 0 Å². The van der Waals surface area contributed by atoms with Gasteiger partial charge in [-0.3, -0.25) is 0 Å². The number of halogens is 1. The number of nitrogens with zero attached hydrogens (tertiary/aromatic N) is 7. The highest BCUT2D eigenvalue weighted by molar-refractivity contribution is 6.00. The summed E-state index contributed by atoms with van der Waals surface area (Å²) in [7, 11) is 2.15. The summed E-state index contributed by atoms with van der Waals surface area (Å²) < 4.78 is 21.2. The average Bonchev–Trinajstić information content (AvgIpc) is 3.13. The Kier molecular flexibility index (Phi) is 9.39. The summed E-state index contributed by atoms with van der Waals surface area (Å²) in [6.45, 7) is 6.01. The Morgan fingerprint density at radius 2 is 1.56 bits per heavy atom. The highest BCUT2D eigenvalue weighted by Crippen LogP contribution is 2.34. The minimum absolute atomic E-state index is 0.123. The Bertz CT molecular complexity index is 1980. The summed E-state index contributed by atoms with van der Waals surface area (Å²) in [5.41, 5.74) is 3.20. The van der Waals surface area contributed by atoms with Crippen molar-refractivity contribution in [2.75, 3.05) is 56.9 Å². The molecule has 1 saturated heterocycles. The number of ether oxygens (including phenoxy) is 1. The van der Waals surface area contributed by atoms with Crippen molar-refractivity contribution in [2.24, 2.45) is 0 Å². The summed E-state index contributed by atoms with van der Waals surface area (Å²) in [4.78, 5) is 17.8. The molecule has 3 aromatic heterocycles. The van der Waals surface area contributed by atoms with E-state index in [9.17, 15) is 0 Å². The van der Waals surface area contributed by atoms with Crippen LogP contribution in [0, 0.1) is 5.82 Å². The van der Waals surface area contributed by atoms with Crippen LogP contribution in [-0.4, -0.2) is 81.3 Å². The Labute approximate surface area is 278 Å². The number of benzene rings is 3. The molecule has 48 heavy (non-hydrogen) atoms. The predicted molar refractivity (Wildman–Crippen MR) is 187 cm³/mol. The van der Waals surface area contributed by atoms with Crippen molar-refractivity contribution in [2.45, 2.75) is 6.42 Å². The van der Waals surface area contributed by atoms with Crippen molar-refractivity contribution in [3.63, 3.8) is 0 Å². The second-order valence-corrected chi connectivity index (χ2v) is 11.7. The number of anilines is 3. The lowest BCUT2D eigenvalue weighted by Crippen LogP contribution is -2.44. The summed E-state index contributed by atoms with van der Waals surface area (Å²) in [6, 6.07) is 29.0. The van der Waals surface area contributed by atoms with Gasteiger partial charge < -0.3 is 25.2 Å². The number of nitrogens with one attached hydrogen (secondary N) is 2. The molecular weight excluding hydrogens is 605 g/mol. The molecule has 6 aromatic rings. The van der Waals surface area contributed by atoms with E-state index in [-0.39, 0.29) is 11.6 Å². The third kappa shape index (κ3) is 7.22. The summed E-state index contributed by atoms with van der Waals surface area (Å²) >= 11 is 0. The smallest absolute Gasteiger partial charge is 0.228 e. The van der Waals surface area contributed by atoms with Gasteiger partial charge in [-0.05, 0) is 56.4 Å². The van der Waals surface area contributed by atoms with E-state index in [1.54, 1.807) is 18.3 Å². The van der Waals surface area contributed by atoms with Crippen LogP contribution in [0.4, 0.5) is 21.8 Å². The summed E-state index contributed by atoms with van der Waals surface area (Å²) in [5, 5.41) is 17.7. The standard InChI is InChI=1S/C37H36FN9O/c1-46-21-23-47(24-22-46)20-8-19-40-37-41-25-32(38)34(43-37)31-13-7-18-39-36(31)48-28-16-14-27(15-17-28)42-35-30-12-6-5-11-29(30)33(44-45-35)26-9-3-2-4-10-26/h2-7,9-18,25H,8,19-24H2,1H3,(H,42,45)(H,40,41,43). The van der Waals surface area contributed by atoms with E-state index in [1.807, 2.05) is 78.9 Å². The monoisotopic (exact) mass is 641 g/mol. The first-order valence-corrected chi connectivity index (χ1v) is 16.1. The first-order valence-electron chi connectivity index (χ1n) is 16.1. The Morgan fingerprint density at radius 3 is 2.38 bits per heavy atom. The number of rotatable bonds is 11. The highest BCUT2D eigenvalue weighted by atomic mass is 19.1. The summed E-state index contributed by atoms with van der Waals surface area (Å²) in [5.74, 6) is 1.23. The molecule has 0 spiro atoms. The first kappa shape index (κ1) is 31.1. The number of pyridine rings is 1. The lowest BCUT2D eigenvalue weighted by molar-refractivity contribution is 0.154. The van der Waals surface area contributed by atoms with E-state index in [2.05, 4.69) is 52.6 Å². The molecule has 0 radical (unpaired) electrons. The van der Waals surface area contributed by atoms with Gasteiger partial charge in [0.2, 0.25) is 11.8 Å². The zero-order valence-electron chi connectivity index (χ0n) is 26.7. The van der Waals surface area contributed by atoms with E-state index in [1.165, 1.54) is 6.20 Å². The van der Waals surface area contributed by atoms with E-state index >= 15 is 4.39 Å². The SMILES string of the molecule is CN1CCN(CCCNc2ncc(F)c(-c3cccnc3Oc3ccc(Nc4nnc(-c5ccccc5)c5ccccc45)cc3)n2)CC1. The van der Waals surface area contributed by atoms with Crippen LogP contribution in [0.3, 0.4) is 0 Å². The van der Waals surface area contributed by atoms with Crippen LogP contribution in [0.15, 0.2) is 103 Å². The van der Waals surface area contributed by atoms with Crippen LogP contribution in [0.2, 0.25) is 0 Å². The molecule has 10 nitrogen and oxygen atoms in total. The van der Waals surface area contributed by atoms with Gasteiger partial charge in [0.25, 0.3) is 0 Å². The van der Waals surface area contributed by atoms with Crippen LogP contribution in [0.1, 0.15) is 6.42 Å². The van der Waals surface area contributed by atoms with E-state index < -0.39 is 5.82 Å². The van der Waals surface area contributed by atoms with Gasteiger partial charge in [-0.1, -0.05) is 54.6 Å². The van der Waals surface area contributed by atoms with Crippen LogP contribution in [0.25, 0.3) is 33.3 Å². The molecule has 0 unspecified atom stereocenters. The number of aromatic nitrogens is 5. The molecule has 7 rings (SSSR count). The van der Waals surface area contributed by atoms with Crippen LogP contribution < -0.4 is 15.4 Å². The quantitative estimate of drug-likeness (QED) is 0.146. The third-order valence-electron chi connectivity index (χ3n) is 8.37. The van der Waals surface area contributed by atoms with Gasteiger partial charge in [-0.2, -0.15) is 0 Å². The first-order chi connectivity index (χ1) is 23.6. The second kappa shape index (κ2) is 14.5. The molecule has 242 valence electrons. The molecule has 1 aliphatic heterocycles. The molecule has 0 amide bonds. The predicted octanol–water partition coefficient (Wildman–Crippen LogP) is 6.87. The molecular formula is C37H36FN9O. The largest absolute Gasteiger partial charge is 0.438 e.